The lowest BCUT2D eigenvalue weighted by Gasteiger charge is -2.06. The largest absolute Gasteiger partial charge is 0.497 e. The average Bonchev–Trinajstić information content (AvgIpc) is 3.31. The van der Waals surface area contributed by atoms with Gasteiger partial charge in [-0.3, -0.25) is 9.59 Å². The molecule has 8 heteroatoms. The molecule has 0 saturated carbocycles. The van der Waals surface area contributed by atoms with E-state index in [1.807, 2.05) is 22.8 Å². The highest BCUT2D eigenvalue weighted by molar-refractivity contribution is 6.45. The number of rotatable bonds is 6. The molecule has 0 saturated heterocycles. The summed E-state index contributed by atoms with van der Waals surface area (Å²) in [7, 11) is 1.53. The van der Waals surface area contributed by atoms with Crippen LogP contribution in [0, 0.1) is 0 Å². The average molecular weight is 425 g/mol. The molecular formula is C22H17ClN2O5. The second-order valence-corrected chi connectivity index (χ2v) is 7.18. The highest BCUT2D eigenvalue weighted by Gasteiger charge is 2.24. The Morgan fingerprint density at radius 1 is 1.20 bits per heavy atom. The molecule has 7 nitrogen and oxygen atoms in total. The molecule has 2 heterocycles. The number of esters is 1. The fraction of sp³-hybridized carbons (Fsp3) is 0.136. The minimum absolute atomic E-state index is 0.0655. The number of carbonyl (C=O) groups is 3. The quantitative estimate of drug-likeness (QED) is 0.373. The third kappa shape index (κ3) is 3.92. The van der Waals surface area contributed by atoms with Crippen molar-refractivity contribution in [3.05, 3.63) is 76.6 Å². The van der Waals surface area contributed by atoms with Crippen LogP contribution >= 0.6 is 11.6 Å². The molecule has 30 heavy (non-hydrogen) atoms. The van der Waals surface area contributed by atoms with Gasteiger partial charge in [0.1, 0.15) is 12.4 Å². The van der Waals surface area contributed by atoms with Crippen molar-refractivity contribution in [2.24, 2.45) is 0 Å². The maximum atomic E-state index is 12.9. The number of nitrogens with one attached hydrogen (secondary N) is 1. The van der Waals surface area contributed by atoms with Gasteiger partial charge >= 0.3 is 5.97 Å². The maximum Gasteiger partial charge on any atom is 0.333 e. The van der Waals surface area contributed by atoms with Gasteiger partial charge < -0.3 is 19.4 Å². The molecule has 0 aliphatic carbocycles. The normalized spacial score (nSPS) is 13.1. The first-order valence-corrected chi connectivity index (χ1v) is 9.47. The minimum atomic E-state index is -0.840. The van der Waals surface area contributed by atoms with Crippen LogP contribution in [-0.2, 0) is 20.9 Å². The molecule has 1 aromatic heterocycles. The van der Waals surface area contributed by atoms with Gasteiger partial charge in [0.25, 0.3) is 11.7 Å². The molecule has 1 amide bonds. The number of benzene rings is 2. The molecule has 152 valence electrons. The molecular weight excluding hydrogens is 408 g/mol. The summed E-state index contributed by atoms with van der Waals surface area (Å²) in [5.41, 5.74) is 2.25. The predicted molar refractivity (Wildman–Crippen MR) is 111 cm³/mol. The van der Waals surface area contributed by atoms with Crippen LogP contribution in [0.3, 0.4) is 0 Å². The zero-order valence-corrected chi connectivity index (χ0v) is 16.7. The van der Waals surface area contributed by atoms with Crippen LogP contribution in [0.1, 0.15) is 15.9 Å². The first kappa shape index (κ1) is 19.7. The van der Waals surface area contributed by atoms with Crippen molar-refractivity contribution in [3.8, 4) is 5.75 Å². The first-order valence-electron chi connectivity index (χ1n) is 9.09. The number of methoxy groups -OCH3 is 1. The topological polar surface area (TPSA) is 86.6 Å². The number of Topliss-reactive ketones (excluding diaryl/α,β-unsaturated/α-hetero) is 1. The van der Waals surface area contributed by atoms with E-state index in [1.165, 1.54) is 7.11 Å². The zero-order chi connectivity index (χ0) is 21.3. The maximum absolute atomic E-state index is 12.9. The summed E-state index contributed by atoms with van der Waals surface area (Å²) < 4.78 is 11.9. The van der Waals surface area contributed by atoms with E-state index >= 15 is 0 Å². The third-order valence-electron chi connectivity index (χ3n) is 4.74. The molecule has 0 unspecified atom stereocenters. The Morgan fingerprint density at radius 3 is 2.63 bits per heavy atom. The summed E-state index contributed by atoms with van der Waals surface area (Å²) in [4.78, 5) is 36.5. The van der Waals surface area contributed by atoms with Gasteiger partial charge in [-0.05, 0) is 35.9 Å². The molecule has 4 rings (SSSR count). The second-order valence-electron chi connectivity index (χ2n) is 6.74. The summed E-state index contributed by atoms with van der Waals surface area (Å²) in [5.74, 6) is -1.54. The molecule has 0 fully saturated rings. The molecule has 1 aliphatic rings. The number of nitrogens with zero attached hydrogens (tertiary/aromatic N) is 1. The standard InChI is InChI=1S/C22H17ClN2O5/c1-29-16-6-7-19-17(9-16)18(11-25(19)10-13-2-4-14(23)5-3-13)21(27)22(28)24-15-8-20(26)30-12-15/h2-9,11H,10,12H2,1H3,(H,24,28). The highest BCUT2D eigenvalue weighted by atomic mass is 35.5. The van der Waals surface area contributed by atoms with Crippen LogP contribution in [-0.4, -0.2) is 35.9 Å². The Morgan fingerprint density at radius 2 is 1.97 bits per heavy atom. The van der Waals surface area contributed by atoms with Gasteiger partial charge in [0.2, 0.25) is 0 Å². The van der Waals surface area contributed by atoms with Gasteiger partial charge in [-0.1, -0.05) is 23.7 Å². The molecule has 0 spiro atoms. The Hall–Kier alpha value is -3.58. The lowest BCUT2D eigenvalue weighted by molar-refractivity contribution is -0.135. The van der Waals surface area contributed by atoms with Gasteiger partial charge in [0, 0.05) is 34.7 Å². The number of halogens is 1. The van der Waals surface area contributed by atoms with E-state index in [4.69, 9.17) is 21.1 Å². The van der Waals surface area contributed by atoms with Crippen LogP contribution in [0.5, 0.6) is 5.75 Å². The first-order chi connectivity index (χ1) is 14.4. The van der Waals surface area contributed by atoms with E-state index in [1.54, 1.807) is 30.5 Å². The van der Waals surface area contributed by atoms with Crippen LogP contribution in [0.15, 0.2) is 60.4 Å². The molecule has 0 atom stereocenters. The summed E-state index contributed by atoms with van der Waals surface area (Å²) in [6, 6.07) is 12.7. The number of hydrogen-bond donors (Lipinski definition) is 1. The molecule has 2 aromatic carbocycles. The molecule has 0 radical (unpaired) electrons. The van der Waals surface area contributed by atoms with Crippen LogP contribution in [0.25, 0.3) is 10.9 Å². The number of cyclic esters (lactones) is 1. The SMILES string of the molecule is COc1ccc2c(c1)c(C(=O)C(=O)NC1=CC(=O)OC1)cn2Cc1ccc(Cl)cc1. The lowest BCUT2D eigenvalue weighted by atomic mass is 10.1. The van der Waals surface area contributed by atoms with Gasteiger partial charge in [0.15, 0.2) is 0 Å². The molecule has 1 N–H and O–H groups in total. The number of ether oxygens (including phenoxy) is 2. The van der Waals surface area contributed by atoms with Crippen molar-refractivity contribution in [3.63, 3.8) is 0 Å². The fourth-order valence-corrected chi connectivity index (χ4v) is 3.40. The summed E-state index contributed by atoms with van der Waals surface area (Å²) in [6.07, 6.45) is 2.79. The highest BCUT2D eigenvalue weighted by Crippen LogP contribution is 2.27. The number of fused-ring (bicyclic) bond motifs is 1. The number of amides is 1. The Kier molecular flexibility index (Phi) is 5.29. The van der Waals surface area contributed by atoms with Gasteiger partial charge in [-0.25, -0.2) is 4.79 Å². The van der Waals surface area contributed by atoms with Crippen LogP contribution in [0.2, 0.25) is 5.02 Å². The van der Waals surface area contributed by atoms with E-state index in [9.17, 15) is 14.4 Å². The Labute approximate surface area is 176 Å². The number of hydrogen-bond acceptors (Lipinski definition) is 5. The Bertz CT molecular complexity index is 1190. The molecule has 1 aliphatic heterocycles. The summed E-state index contributed by atoms with van der Waals surface area (Å²) >= 11 is 5.96. The Balaban J connectivity index is 1.69. The second kappa shape index (κ2) is 8.04. The van der Waals surface area contributed by atoms with Crippen molar-refractivity contribution >= 4 is 40.2 Å². The smallest absolute Gasteiger partial charge is 0.333 e. The number of ketones is 1. The van der Waals surface area contributed by atoms with Crippen molar-refractivity contribution < 1.29 is 23.9 Å². The molecule has 3 aromatic rings. The number of carbonyl (C=O) groups excluding carboxylic acids is 3. The van der Waals surface area contributed by atoms with Crippen LogP contribution < -0.4 is 10.1 Å². The van der Waals surface area contributed by atoms with Gasteiger partial charge in [-0.2, -0.15) is 0 Å². The van der Waals surface area contributed by atoms with E-state index in [-0.39, 0.29) is 17.9 Å². The van der Waals surface area contributed by atoms with Crippen molar-refractivity contribution in [1.82, 2.24) is 9.88 Å². The number of aromatic nitrogens is 1. The summed E-state index contributed by atoms with van der Waals surface area (Å²) in [5, 5.41) is 3.67. The van der Waals surface area contributed by atoms with Gasteiger partial charge in [0.05, 0.1) is 18.4 Å². The monoisotopic (exact) mass is 424 g/mol. The van der Waals surface area contributed by atoms with E-state index in [0.29, 0.717) is 22.7 Å². The van der Waals surface area contributed by atoms with Crippen molar-refractivity contribution in [2.75, 3.05) is 13.7 Å². The van der Waals surface area contributed by atoms with Crippen molar-refractivity contribution in [1.29, 1.82) is 0 Å². The minimum Gasteiger partial charge on any atom is -0.497 e. The molecule has 0 bridgehead atoms. The fourth-order valence-electron chi connectivity index (χ4n) is 3.27. The van der Waals surface area contributed by atoms with E-state index < -0.39 is 17.7 Å². The van der Waals surface area contributed by atoms with Gasteiger partial charge in [-0.15, -0.1) is 0 Å². The predicted octanol–water partition coefficient (Wildman–Crippen LogP) is 3.09. The van der Waals surface area contributed by atoms with Crippen LogP contribution in [0.4, 0.5) is 0 Å². The third-order valence-corrected chi connectivity index (χ3v) is 4.99. The zero-order valence-electron chi connectivity index (χ0n) is 16.0. The van der Waals surface area contributed by atoms with Crippen molar-refractivity contribution in [2.45, 2.75) is 6.54 Å². The van der Waals surface area contributed by atoms with E-state index in [0.717, 1.165) is 17.2 Å². The summed E-state index contributed by atoms with van der Waals surface area (Å²) in [6.45, 7) is 0.423. The van der Waals surface area contributed by atoms with E-state index in [2.05, 4.69) is 5.32 Å². The lowest BCUT2D eigenvalue weighted by Crippen LogP contribution is -2.31.